The maximum absolute atomic E-state index is 14.3. The van der Waals surface area contributed by atoms with Gasteiger partial charge in [-0.05, 0) is 99.0 Å². The lowest BCUT2D eigenvalue weighted by atomic mass is 10.0. The van der Waals surface area contributed by atoms with Crippen LogP contribution in [0.25, 0.3) is 0 Å². The minimum Gasteiger partial charge on any atom is -0.480 e. The van der Waals surface area contributed by atoms with E-state index in [1.54, 1.807) is 0 Å². The van der Waals surface area contributed by atoms with Crippen LogP contribution in [0.15, 0.2) is 22.1 Å². The standard InChI is InChI=1S/C52H94N20O17/c1-25(54)40(78)63-32(14-11-20-61-52(58)59)45(83)70-38(28(4)75)49(87)67-34(17-23-72-21-8-9-22-72)44(82)66-33(15-16-36(55)77)46(84)69-37(27(3)74)48(86)62-26(2)41(79)64-31(13-10-19-60-51(56)57)42(80)65-30(12-6-7-18-53)43(81)68-35(24-73)47(85)71-39(29(5)76)50(88)89/h8-9,25-35,37-39,73-76H,6-7,10-24,53-54H2,1-5H3,(H2,55,77)(H,62,86)(H,63,78)(H,64,79)(H,65,80)(H,66,82)(H,67,87)(H,68,81)(H,69,84)(H,70,83)(H,71,85)(H,88,89)(H4,56,57,60)(H4,58,59,61)/t25-,26-,27+,28+,29+,30-,31-,32-,33-,34-,35-,37-,38-,39-/m0/s1. The van der Waals surface area contributed by atoms with E-state index in [2.05, 4.69) is 57.8 Å². The second kappa shape index (κ2) is 41.0. The van der Waals surface area contributed by atoms with Crippen molar-refractivity contribution in [3.8, 4) is 0 Å². The highest BCUT2D eigenvalue weighted by atomic mass is 16.4. The van der Waals surface area contributed by atoms with Gasteiger partial charge in [0.1, 0.15) is 54.4 Å². The summed E-state index contributed by atoms with van der Waals surface area (Å²) in [7, 11) is 0. The van der Waals surface area contributed by atoms with Crippen molar-refractivity contribution >= 4 is 82.9 Å². The van der Waals surface area contributed by atoms with Crippen LogP contribution in [0.2, 0.25) is 0 Å². The van der Waals surface area contributed by atoms with Gasteiger partial charge in [0.05, 0.1) is 31.0 Å². The average Bonchev–Trinajstić information content (AvgIpc) is 2.37. The van der Waals surface area contributed by atoms with Gasteiger partial charge in [0, 0.05) is 39.1 Å². The fraction of sp³-hybridized carbons (Fsp3) is 0.692. The third-order valence-electron chi connectivity index (χ3n) is 13.5. The Hall–Kier alpha value is -8.36. The zero-order valence-corrected chi connectivity index (χ0v) is 50.8. The molecule has 504 valence electrons. The van der Waals surface area contributed by atoms with E-state index in [1.807, 2.05) is 22.4 Å². The summed E-state index contributed by atoms with van der Waals surface area (Å²) in [6.07, 6.45) is -1.95. The molecule has 1 heterocycles. The zero-order valence-electron chi connectivity index (χ0n) is 50.8. The molecule has 0 aromatic carbocycles. The monoisotopic (exact) mass is 1270 g/mol. The predicted octanol–water partition coefficient (Wildman–Crippen LogP) is -10.8. The number of unbranched alkanes of at least 4 members (excludes halogenated alkanes) is 1. The Bertz CT molecular complexity index is 2470. The Morgan fingerprint density at radius 2 is 0.820 bits per heavy atom. The van der Waals surface area contributed by atoms with Crippen LogP contribution >= 0.6 is 0 Å². The van der Waals surface area contributed by atoms with E-state index in [9.17, 15) is 83.1 Å². The smallest absolute Gasteiger partial charge is 0.328 e. The van der Waals surface area contributed by atoms with E-state index >= 15 is 0 Å². The first kappa shape index (κ1) is 78.7. The maximum Gasteiger partial charge on any atom is 0.328 e. The second-order valence-corrected chi connectivity index (χ2v) is 21.3. The van der Waals surface area contributed by atoms with Crippen molar-refractivity contribution in [3.05, 3.63) is 12.2 Å². The molecule has 0 unspecified atom stereocenters. The first-order valence-corrected chi connectivity index (χ1v) is 28.9. The number of nitrogens with one attached hydrogen (secondary N) is 10. The summed E-state index contributed by atoms with van der Waals surface area (Å²) in [4.78, 5) is 170. The number of carbonyl (C=O) groups is 12. The molecule has 0 radical (unpaired) electrons. The molecule has 0 aliphatic carbocycles. The van der Waals surface area contributed by atoms with E-state index < -0.39 is 175 Å². The number of aliphatic hydroxyl groups excluding tert-OH is 4. The number of carbonyl (C=O) groups excluding carboxylic acids is 11. The molecule has 1 rings (SSSR count). The first-order valence-electron chi connectivity index (χ1n) is 28.9. The molecule has 0 aromatic rings. The van der Waals surface area contributed by atoms with Gasteiger partial charge in [-0.25, -0.2) is 4.79 Å². The number of aliphatic imine (C=N–C) groups is 2. The fourth-order valence-electron chi connectivity index (χ4n) is 8.35. The number of nitrogens with two attached hydrogens (primary N) is 7. The van der Waals surface area contributed by atoms with E-state index in [1.165, 1.54) is 20.8 Å². The van der Waals surface area contributed by atoms with Crippen molar-refractivity contribution < 1.29 is 83.1 Å². The first-order chi connectivity index (χ1) is 41.7. The van der Waals surface area contributed by atoms with Crippen LogP contribution in [-0.2, 0) is 57.5 Å². The number of primary amides is 1. The number of hydrogen-bond acceptors (Lipinski definition) is 21. The Balaban J connectivity index is 3.51. The van der Waals surface area contributed by atoms with Crippen molar-refractivity contribution in [2.24, 2.45) is 50.1 Å². The van der Waals surface area contributed by atoms with Crippen LogP contribution in [0.1, 0.15) is 98.8 Å². The molecule has 37 heteroatoms. The van der Waals surface area contributed by atoms with Gasteiger partial charge in [0.2, 0.25) is 65.0 Å². The molecular weight excluding hydrogens is 1180 g/mol. The minimum absolute atomic E-state index is 0.0390. The Kier molecular flexibility index (Phi) is 36.2. The summed E-state index contributed by atoms with van der Waals surface area (Å²) < 4.78 is 0. The molecule has 0 bridgehead atoms. The predicted molar refractivity (Wildman–Crippen MR) is 320 cm³/mol. The molecule has 14 atom stereocenters. The molecule has 0 fully saturated rings. The van der Waals surface area contributed by atoms with Crippen molar-refractivity contribution in [1.29, 1.82) is 0 Å². The highest BCUT2D eigenvalue weighted by molar-refractivity contribution is 5.99. The van der Waals surface area contributed by atoms with Crippen LogP contribution in [0, 0.1) is 0 Å². The fourth-order valence-corrected chi connectivity index (χ4v) is 8.35. The van der Waals surface area contributed by atoms with Gasteiger partial charge in [0.15, 0.2) is 18.0 Å². The number of aliphatic hydroxyl groups is 4. The van der Waals surface area contributed by atoms with Crippen molar-refractivity contribution in [2.45, 2.75) is 184 Å². The molecule has 1 aliphatic rings. The van der Waals surface area contributed by atoms with Crippen LogP contribution in [0.3, 0.4) is 0 Å². The number of aliphatic carboxylic acids is 1. The lowest BCUT2D eigenvalue weighted by Gasteiger charge is -2.29. The molecule has 0 saturated carbocycles. The largest absolute Gasteiger partial charge is 0.480 e. The number of carboxylic acids is 1. The summed E-state index contributed by atoms with van der Waals surface area (Å²) in [6.45, 7) is 6.13. The second-order valence-electron chi connectivity index (χ2n) is 21.3. The molecule has 0 spiro atoms. The molecule has 0 saturated heterocycles. The van der Waals surface area contributed by atoms with Crippen LogP contribution in [-0.4, -0.2) is 244 Å². The quantitative estimate of drug-likeness (QED) is 0.0117. The Morgan fingerprint density at radius 3 is 1.22 bits per heavy atom. The lowest BCUT2D eigenvalue weighted by molar-refractivity contribution is -0.145. The SMILES string of the molecule is C[C@H](N)C(=O)N[C@@H](CCCN=C(N)N)C(=O)N[C@H](C(=O)N[C@@H](CCN1CC=CC1)C(=O)N[C@@H](CCC(N)=O)C(=O)N[C@H](C(=O)N[C@@H](C)C(=O)N[C@@H](CCCN=C(N)N)C(=O)N[C@@H](CCCCN)C(=O)N[C@@H](CO)C(=O)N[C@H](C(=O)O)[C@@H](C)O)[C@@H](C)O)[C@@H](C)O. The van der Waals surface area contributed by atoms with Gasteiger partial charge in [-0.15, -0.1) is 0 Å². The number of guanidine groups is 2. The lowest BCUT2D eigenvalue weighted by Crippen LogP contribution is -2.62. The number of rotatable bonds is 43. The summed E-state index contributed by atoms with van der Waals surface area (Å²) in [6, 6.07) is -17.4. The van der Waals surface area contributed by atoms with E-state index in [0.29, 0.717) is 19.5 Å². The van der Waals surface area contributed by atoms with Gasteiger partial charge in [-0.3, -0.25) is 67.6 Å². The zero-order chi connectivity index (χ0) is 67.7. The molecule has 29 N–H and O–H groups in total. The highest BCUT2D eigenvalue weighted by Crippen LogP contribution is 2.11. The maximum atomic E-state index is 14.3. The summed E-state index contributed by atoms with van der Waals surface area (Å²) in [5.74, 6) is -13.4. The van der Waals surface area contributed by atoms with Gasteiger partial charge in [-0.1, -0.05) is 12.2 Å². The third kappa shape index (κ3) is 30.4. The molecule has 1 aliphatic heterocycles. The third-order valence-corrected chi connectivity index (χ3v) is 13.5. The van der Waals surface area contributed by atoms with Crippen molar-refractivity contribution in [3.63, 3.8) is 0 Å². The topological polar surface area (TPSA) is 636 Å². The van der Waals surface area contributed by atoms with Gasteiger partial charge < -0.3 is 119 Å². The van der Waals surface area contributed by atoms with Crippen molar-refractivity contribution in [1.82, 2.24) is 58.1 Å². The number of amides is 11. The number of hydrogen-bond donors (Lipinski definition) is 22. The highest BCUT2D eigenvalue weighted by Gasteiger charge is 2.38. The number of nitrogens with zero attached hydrogens (tertiary/aromatic N) is 3. The normalized spacial score (nSPS) is 16.7. The van der Waals surface area contributed by atoms with E-state index in [0.717, 1.165) is 13.8 Å². The Labute approximate surface area is 514 Å². The molecule has 37 nitrogen and oxygen atoms in total. The molecule has 0 aromatic heterocycles. The summed E-state index contributed by atoms with van der Waals surface area (Å²) in [5.41, 5.74) is 38.5. The van der Waals surface area contributed by atoms with E-state index in [-0.39, 0.29) is 83.0 Å². The van der Waals surface area contributed by atoms with Gasteiger partial charge in [-0.2, -0.15) is 0 Å². The summed E-state index contributed by atoms with van der Waals surface area (Å²) >= 11 is 0. The Morgan fingerprint density at radius 1 is 0.461 bits per heavy atom. The van der Waals surface area contributed by atoms with Gasteiger partial charge in [0.25, 0.3) is 0 Å². The molecule has 89 heavy (non-hydrogen) atoms. The molecular formula is C52H94N20O17. The van der Waals surface area contributed by atoms with Crippen molar-refractivity contribution in [2.75, 3.05) is 45.9 Å². The van der Waals surface area contributed by atoms with Crippen LogP contribution < -0.4 is 93.3 Å². The van der Waals surface area contributed by atoms with Gasteiger partial charge >= 0.3 is 5.97 Å². The van der Waals surface area contributed by atoms with E-state index in [4.69, 9.17) is 40.1 Å². The average molecular weight is 1270 g/mol. The van der Waals surface area contributed by atoms with Crippen LogP contribution in [0.4, 0.5) is 0 Å². The number of carboxylic acid groups (broad SMARTS) is 1. The van der Waals surface area contributed by atoms with Crippen LogP contribution in [0.5, 0.6) is 0 Å². The molecule has 11 amide bonds. The minimum atomic E-state index is -1.90. The summed E-state index contributed by atoms with van der Waals surface area (Å²) in [5, 5.41) is 74.4.